The Labute approximate surface area is 149 Å². The molecule has 1 aliphatic heterocycles. The van der Waals surface area contributed by atoms with Gasteiger partial charge in [-0.15, -0.1) is 0 Å². The van der Waals surface area contributed by atoms with Crippen LogP contribution in [0.25, 0.3) is 28.2 Å². The molecule has 0 fully saturated rings. The van der Waals surface area contributed by atoms with Crippen LogP contribution in [-0.2, 0) is 9.59 Å². The first-order valence-corrected chi connectivity index (χ1v) is 8.55. The third kappa shape index (κ3) is 1.95. The molecule has 26 heavy (non-hydrogen) atoms. The highest BCUT2D eigenvalue weighted by Gasteiger charge is 2.35. The largest absolute Gasteiger partial charge is 0.361 e. The van der Waals surface area contributed by atoms with Crippen LogP contribution in [0.4, 0.5) is 0 Å². The molecule has 0 spiro atoms. The lowest BCUT2D eigenvalue weighted by Crippen LogP contribution is -2.23. The van der Waals surface area contributed by atoms with Gasteiger partial charge in [0.2, 0.25) is 0 Å². The van der Waals surface area contributed by atoms with Gasteiger partial charge in [-0.1, -0.05) is 31.2 Å². The van der Waals surface area contributed by atoms with E-state index < -0.39 is 5.91 Å². The molecule has 2 amide bonds. The van der Waals surface area contributed by atoms with Crippen molar-refractivity contribution < 1.29 is 9.59 Å². The normalized spacial score (nSPS) is 19.3. The summed E-state index contributed by atoms with van der Waals surface area (Å²) in [6.45, 7) is 2.11. The summed E-state index contributed by atoms with van der Waals surface area (Å²) in [5.41, 5.74) is 4.15. The van der Waals surface area contributed by atoms with Crippen LogP contribution in [-0.4, -0.2) is 26.3 Å². The first kappa shape index (κ1) is 14.9. The molecule has 0 bridgehead atoms. The van der Waals surface area contributed by atoms with Crippen LogP contribution >= 0.6 is 0 Å². The highest BCUT2D eigenvalue weighted by atomic mass is 16.2. The first-order chi connectivity index (χ1) is 12.6. The Morgan fingerprint density at radius 2 is 2.04 bits per heavy atom. The number of nitrogens with zero attached hydrogens (tertiary/aromatic N) is 2. The summed E-state index contributed by atoms with van der Waals surface area (Å²) in [5, 5.41) is 3.34. The van der Waals surface area contributed by atoms with Gasteiger partial charge in [-0.3, -0.25) is 19.5 Å². The summed E-state index contributed by atoms with van der Waals surface area (Å²) in [4.78, 5) is 32.9. The monoisotopic (exact) mass is 344 g/mol. The maximum atomic E-state index is 12.6. The molecular weight excluding hydrogens is 328 g/mol. The fraction of sp³-hybridized carbons (Fsp3) is 0.150. The van der Waals surface area contributed by atoms with E-state index in [1.807, 2.05) is 30.3 Å². The molecule has 0 radical (unpaired) electrons. The Morgan fingerprint density at radius 1 is 1.19 bits per heavy atom. The number of rotatable bonds is 2. The molecule has 6 heteroatoms. The Morgan fingerprint density at radius 3 is 2.92 bits per heavy atom. The van der Waals surface area contributed by atoms with Gasteiger partial charge in [-0.25, -0.2) is 4.98 Å². The summed E-state index contributed by atoms with van der Waals surface area (Å²) < 4.78 is 1.73. The number of carbonyl (C=O) groups is 2. The van der Waals surface area contributed by atoms with E-state index in [1.165, 1.54) is 0 Å². The lowest BCUT2D eigenvalue weighted by molar-refractivity contribution is -0.122. The molecule has 3 aromatic rings. The number of aromatic nitrogens is 3. The predicted octanol–water partition coefficient (Wildman–Crippen LogP) is 2.91. The summed E-state index contributed by atoms with van der Waals surface area (Å²) in [6, 6.07) is 7.72. The second-order valence-corrected chi connectivity index (χ2v) is 6.68. The van der Waals surface area contributed by atoms with Crippen molar-refractivity contribution in [1.29, 1.82) is 0 Å². The molecule has 1 aromatic carbocycles. The third-order valence-corrected chi connectivity index (χ3v) is 5.07. The van der Waals surface area contributed by atoms with Crippen LogP contribution in [0, 0.1) is 0 Å². The van der Waals surface area contributed by atoms with Crippen molar-refractivity contribution in [3.05, 3.63) is 59.8 Å². The maximum absolute atomic E-state index is 12.6. The number of aromatic amines is 1. The average Bonchev–Trinajstić information content (AvgIpc) is 3.30. The van der Waals surface area contributed by atoms with Gasteiger partial charge in [0.05, 0.1) is 17.0 Å². The zero-order chi connectivity index (χ0) is 17.8. The van der Waals surface area contributed by atoms with Crippen molar-refractivity contribution in [2.24, 2.45) is 0 Å². The van der Waals surface area contributed by atoms with E-state index in [4.69, 9.17) is 0 Å². The van der Waals surface area contributed by atoms with E-state index >= 15 is 0 Å². The minimum atomic E-state index is -0.401. The lowest BCUT2D eigenvalue weighted by Gasteiger charge is -2.14. The van der Waals surface area contributed by atoms with Crippen LogP contribution in [0.2, 0.25) is 0 Å². The van der Waals surface area contributed by atoms with Gasteiger partial charge in [0.15, 0.2) is 0 Å². The Hall–Kier alpha value is -3.41. The first-order valence-electron chi connectivity index (χ1n) is 8.55. The van der Waals surface area contributed by atoms with E-state index in [2.05, 4.69) is 28.3 Å². The van der Waals surface area contributed by atoms with Gasteiger partial charge >= 0.3 is 0 Å². The molecule has 2 N–H and O–H groups in total. The highest BCUT2D eigenvalue weighted by molar-refractivity contribution is 6.47. The van der Waals surface area contributed by atoms with Gasteiger partial charge in [0.1, 0.15) is 12.0 Å². The summed E-state index contributed by atoms with van der Waals surface area (Å²) in [6.07, 6.45) is 8.38. The maximum Gasteiger partial charge on any atom is 0.276 e. The number of carbonyl (C=O) groups excluding carboxylic acids is 2. The number of amides is 2. The zero-order valence-electron chi connectivity index (χ0n) is 14.1. The fourth-order valence-electron chi connectivity index (χ4n) is 3.79. The highest BCUT2D eigenvalue weighted by Crippen LogP contribution is 2.35. The summed E-state index contributed by atoms with van der Waals surface area (Å²) in [5.74, 6) is -0.499. The molecule has 0 saturated heterocycles. The quantitative estimate of drug-likeness (QED) is 0.702. The molecular formula is C20H16N4O2. The van der Waals surface area contributed by atoms with E-state index in [-0.39, 0.29) is 11.8 Å². The molecule has 3 heterocycles. The molecule has 128 valence electrons. The Balaban J connectivity index is 1.79. The number of imidazole rings is 1. The predicted molar refractivity (Wildman–Crippen MR) is 98.9 cm³/mol. The summed E-state index contributed by atoms with van der Waals surface area (Å²) >= 11 is 0. The van der Waals surface area contributed by atoms with Crippen LogP contribution in [0.3, 0.4) is 0 Å². The van der Waals surface area contributed by atoms with Crippen molar-refractivity contribution in [1.82, 2.24) is 19.9 Å². The number of nitrogens with one attached hydrogen (secondary N) is 2. The second-order valence-electron chi connectivity index (χ2n) is 6.68. The standard InChI is InChI=1S/C20H16N4O2/c1-11-5-4-8-15-17(11)22-10-24(15)18-16(19(25)23-20(18)26)13-9-21-14-7-3-2-6-12(13)14/h2-4,6-11,21H,5H2,1H3,(H,23,25,26). The molecule has 1 unspecified atom stereocenters. The number of hydrogen-bond acceptors (Lipinski definition) is 3. The number of para-hydroxylation sites is 1. The van der Waals surface area contributed by atoms with Gasteiger partial charge < -0.3 is 4.98 Å². The smallest absolute Gasteiger partial charge is 0.276 e. The second kappa shape index (κ2) is 5.29. The molecule has 1 atom stereocenters. The Bertz CT molecular complexity index is 1150. The molecule has 5 rings (SSSR count). The topological polar surface area (TPSA) is 79.8 Å². The number of H-pyrrole nitrogens is 1. The minimum Gasteiger partial charge on any atom is -0.361 e. The van der Waals surface area contributed by atoms with Crippen molar-refractivity contribution >= 4 is 40.1 Å². The van der Waals surface area contributed by atoms with Gasteiger partial charge in [-0.2, -0.15) is 0 Å². The average molecular weight is 344 g/mol. The Kier molecular flexibility index (Phi) is 3.03. The van der Waals surface area contributed by atoms with Crippen LogP contribution in [0.5, 0.6) is 0 Å². The SMILES string of the molecule is CC1CC=Cc2c1ncn2C1=C(c2c[nH]c3ccccc23)C(=O)NC1=O. The van der Waals surface area contributed by atoms with Crippen LogP contribution in [0.15, 0.2) is 42.9 Å². The number of hydrogen-bond donors (Lipinski definition) is 2. The molecule has 2 aromatic heterocycles. The van der Waals surface area contributed by atoms with Crippen LogP contribution in [0.1, 0.15) is 36.2 Å². The number of imide groups is 1. The van der Waals surface area contributed by atoms with E-state index in [0.29, 0.717) is 16.8 Å². The number of allylic oxidation sites excluding steroid dienone is 1. The van der Waals surface area contributed by atoms with E-state index in [1.54, 1.807) is 17.1 Å². The lowest BCUT2D eigenvalue weighted by atomic mass is 9.96. The van der Waals surface area contributed by atoms with Crippen molar-refractivity contribution in [3.63, 3.8) is 0 Å². The van der Waals surface area contributed by atoms with Gasteiger partial charge in [0.25, 0.3) is 11.8 Å². The number of benzene rings is 1. The van der Waals surface area contributed by atoms with E-state index in [0.717, 1.165) is 28.7 Å². The minimum absolute atomic E-state index is 0.286. The molecule has 6 nitrogen and oxygen atoms in total. The van der Waals surface area contributed by atoms with Gasteiger partial charge in [-0.05, 0) is 18.6 Å². The van der Waals surface area contributed by atoms with Crippen molar-refractivity contribution in [3.8, 4) is 0 Å². The molecule has 0 saturated carbocycles. The zero-order valence-corrected chi connectivity index (χ0v) is 14.1. The van der Waals surface area contributed by atoms with E-state index in [9.17, 15) is 9.59 Å². The molecule has 2 aliphatic rings. The summed E-state index contributed by atoms with van der Waals surface area (Å²) in [7, 11) is 0. The fourth-order valence-corrected chi connectivity index (χ4v) is 3.79. The van der Waals surface area contributed by atoms with Crippen LogP contribution < -0.4 is 5.32 Å². The third-order valence-electron chi connectivity index (χ3n) is 5.07. The van der Waals surface area contributed by atoms with Crippen molar-refractivity contribution in [2.75, 3.05) is 0 Å². The molecule has 1 aliphatic carbocycles. The van der Waals surface area contributed by atoms with Crippen molar-refractivity contribution in [2.45, 2.75) is 19.3 Å². The number of fused-ring (bicyclic) bond motifs is 2. The van der Waals surface area contributed by atoms with Gasteiger partial charge in [0, 0.05) is 28.6 Å².